The Labute approximate surface area is 153 Å². The van der Waals surface area contributed by atoms with Gasteiger partial charge in [-0.25, -0.2) is 21.5 Å². The van der Waals surface area contributed by atoms with Gasteiger partial charge >= 0.3 is 0 Å². The average molecular weight is 386 g/mol. The zero-order valence-corrected chi connectivity index (χ0v) is 15.7. The summed E-state index contributed by atoms with van der Waals surface area (Å²) in [6.07, 6.45) is 2.50. The second-order valence-electron chi connectivity index (χ2n) is 7.26. The SMILES string of the molecule is CCCS(=O)(=O)N1CC[C@@]2(CCCN(Cc3ccc(F)c(F)c3)C2=O)C1. The van der Waals surface area contributed by atoms with E-state index < -0.39 is 27.1 Å². The zero-order chi connectivity index (χ0) is 18.9. The maximum absolute atomic E-state index is 13.4. The van der Waals surface area contributed by atoms with Crippen molar-refractivity contribution in [3.05, 3.63) is 35.4 Å². The number of rotatable bonds is 5. The molecule has 0 aliphatic carbocycles. The molecule has 2 aliphatic heterocycles. The predicted octanol–water partition coefficient (Wildman–Crippen LogP) is 2.52. The van der Waals surface area contributed by atoms with E-state index in [1.165, 1.54) is 10.4 Å². The second-order valence-corrected chi connectivity index (χ2v) is 9.35. The van der Waals surface area contributed by atoms with Gasteiger partial charge in [0.1, 0.15) is 0 Å². The van der Waals surface area contributed by atoms with Crippen molar-refractivity contribution >= 4 is 15.9 Å². The molecule has 3 rings (SSSR count). The summed E-state index contributed by atoms with van der Waals surface area (Å²) in [7, 11) is -3.32. The fourth-order valence-electron chi connectivity index (χ4n) is 4.00. The van der Waals surface area contributed by atoms with Crippen LogP contribution in [0.25, 0.3) is 0 Å². The molecule has 1 aromatic rings. The van der Waals surface area contributed by atoms with E-state index in [1.807, 2.05) is 6.92 Å². The van der Waals surface area contributed by atoms with Gasteiger partial charge in [-0.05, 0) is 43.4 Å². The number of halogens is 2. The second kappa shape index (κ2) is 7.23. The van der Waals surface area contributed by atoms with Crippen molar-refractivity contribution in [3.63, 3.8) is 0 Å². The van der Waals surface area contributed by atoms with Gasteiger partial charge in [0.2, 0.25) is 15.9 Å². The number of carbonyl (C=O) groups is 1. The van der Waals surface area contributed by atoms with Crippen LogP contribution in [0.1, 0.15) is 38.2 Å². The fraction of sp³-hybridized carbons (Fsp3) is 0.611. The molecule has 2 fully saturated rings. The Kier molecular flexibility index (Phi) is 5.35. The van der Waals surface area contributed by atoms with Gasteiger partial charge in [0.05, 0.1) is 11.2 Å². The molecule has 26 heavy (non-hydrogen) atoms. The Morgan fingerprint density at radius 3 is 2.62 bits per heavy atom. The number of hydrogen-bond donors (Lipinski definition) is 0. The Morgan fingerprint density at radius 1 is 1.15 bits per heavy atom. The van der Waals surface area contributed by atoms with E-state index in [1.54, 1.807) is 4.90 Å². The molecule has 144 valence electrons. The van der Waals surface area contributed by atoms with Crippen LogP contribution in [0.5, 0.6) is 0 Å². The van der Waals surface area contributed by atoms with Crippen molar-refractivity contribution in [1.29, 1.82) is 0 Å². The Hall–Kier alpha value is -1.54. The highest BCUT2D eigenvalue weighted by molar-refractivity contribution is 7.89. The third kappa shape index (κ3) is 3.62. The minimum Gasteiger partial charge on any atom is -0.338 e. The molecule has 8 heteroatoms. The largest absolute Gasteiger partial charge is 0.338 e. The van der Waals surface area contributed by atoms with Gasteiger partial charge in [0.25, 0.3) is 0 Å². The van der Waals surface area contributed by atoms with E-state index in [0.29, 0.717) is 37.9 Å². The average Bonchev–Trinajstić information content (AvgIpc) is 3.01. The lowest BCUT2D eigenvalue weighted by Gasteiger charge is -2.39. The van der Waals surface area contributed by atoms with Crippen LogP contribution in [0, 0.1) is 17.0 Å². The number of sulfonamides is 1. The summed E-state index contributed by atoms with van der Waals surface area (Å²) in [5, 5.41) is 0. The number of carbonyl (C=O) groups excluding carboxylic acids is 1. The van der Waals surface area contributed by atoms with Crippen LogP contribution in [0.3, 0.4) is 0 Å². The maximum atomic E-state index is 13.4. The van der Waals surface area contributed by atoms with Gasteiger partial charge < -0.3 is 4.90 Å². The summed E-state index contributed by atoms with van der Waals surface area (Å²) < 4.78 is 52.6. The van der Waals surface area contributed by atoms with Crippen molar-refractivity contribution in [2.24, 2.45) is 5.41 Å². The summed E-state index contributed by atoms with van der Waals surface area (Å²) in [6.45, 7) is 3.16. The summed E-state index contributed by atoms with van der Waals surface area (Å²) in [6, 6.07) is 3.64. The molecule has 2 saturated heterocycles. The van der Waals surface area contributed by atoms with Crippen LogP contribution in [0.15, 0.2) is 18.2 Å². The smallest absolute Gasteiger partial charge is 0.230 e. The van der Waals surface area contributed by atoms with E-state index in [2.05, 4.69) is 0 Å². The minimum absolute atomic E-state index is 0.0809. The van der Waals surface area contributed by atoms with Crippen molar-refractivity contribution in [2.75, 3.05) is 25.4 Å². The van der Waals surface area contributed by atoms with Crippen LogP contribution in [-0.2, 0) is 21.4 Å². The quantitative estimate of drug-likeness (QED) is 0.781. The minimum atomic E-state index is -3.32. The lowest BCUT2D eigenvalue weighted by molar-refractivity contribution is -0.146. The Morgan fingerprint density at radius 2 is 1.92 bits per heavy atom. The van der Waals surface area contributed by atoms with Crippen LogP contribution >= 0.6 is 0 Å². The molecule has 2 aliphatic rings. The van der Waals surface area contributed by atoms with Crippen LogP contribution in [0.4, 0.5) is 8.78 Å². The molecule has 1 spiro atoms. The first-order valence-corrected chi connectivity index (χ1v) is 10.6. The van der Waals surface area contributed by atoms with Gasteiger partial charge in [0, 0.05) is 26.2 Å². The predicted molar refractivity (Wildman–Crippen MR) is 93.7 cm³/mol. The molecule has 1 amide bonds. The van der Waals surface area contributed by atoms with Crippen molar-refractivity contribution in [1.82, 2.24) is 9.21 Å². The number of benzene rings is 1. The molecule has 0 saturated carbocycles. The zero-order valence-electron chi connectivity index (χ0n) is 14.9. The first kappa shape index (κ1) is 19.2. The van der Waals surface area contributed by atoms with E-state index >= 15 is 0 Å². The van der Waals surface area contributed by atoms with Crippen LogP contribution < -0.4 is 0 Å². The molecule has 0 N–H and O–H groups in total. The Bertz CT molecular complexity index is 800. The van der Waals surface area contributed by atoms with Gasteiger partial charge in [-0.3, -0.25) is 4.79 Å². The number of nitrogens with zero attached hydrogens (tertiary/aromatic N) is 2. The first-order valence-electron chi connectivity index (χ1n) is 8.98. The van der Waals surface area contributed by atoms with E-state index in [4.69, 9.17) is 0 Å². The van der Waals surface area contributed by atoms with Gasteiger partial charge in [-0.2, -0.15) is 0 Å². The molecule has 1 atom stereocenters. The Balaban J connectivity index is 1.74. The highest BCUT2D eigenvalue weighted by Crippen LogP contribution is 2.41. The fourth-order valence-corrected chi connectivity index (χ4v) is 5.59. The van der Waals surface area contributed by atoms with E-state index in [-0.39, 0.29) is 24.7 Å². The normalized spacial score (nSPS) is 24.6. The molecule has 0 aromatic heterocycles. The summed E-state index contributed by atoms with van der Waals surface area (Å²) in [5.41, 5.74) is -0.153. The molecule has 0 unspecified atom stereocenters. The highest BCUT2D eigenvalue weighted by Gasteiger charge is 2.50. The summed E-state index contributed by atoms with van der Waals surface area (Å²) in [4.78, 5) is 14.7. The number of amides is 1. The third-order valence-electron chi connectivity index (χ3n) is 5.36. The molecule has 5 nitrogen and oxygen atoms in total. The monoisotopic (exact) mass is 386 g/mol. The van der Waals surface area contributed by atoms with E-state index in [0.717, 1.165) is 18.6 Å². The molecule has 1 aromatic carbocycles. The molecular weight excluding hydrogens is 362 g/mol. The standard InChI is InChI=1S/C18H24F2N2O3S/c1-2-10-26(24,25)22-9-7-18(13-22)6-3-8-21(17(18)23)12-14-4-5-15(19)16(20)11-14/h4-5,11H,2-3,6-10,12-13H2,1H3/t18-/m0/s1. The van der Waals surface area contributed by atoms with Gasteiger partial charge in [0.15, 0.2) is 11.6 Å². The number of hydrogen-bond acceptors (Lipinski definition) is 3. The first-order chi connectivity index (χ1) is 12.3. The molecule has 0 bridgehead atoms. The lowest BCUT2D eigenvalue weighted by atomic mass is 9.78. The van der Waals surface area contributed by atoms with Crippen molar-refractivity contribution in [3.8, 4) is 0 Å². The number of piperidine rings is 1. The molecular formula is C18H24F2N2O3S. The summed E-state index contributed by atoms with van der Waals surface area (Å²) in [5.74, 6) is -1.83. The summed E-state index contributed by atoms with van der Waals surface area (Å²) >= 11 is 0. The van der Waals surface area contributed by atoms with Gasteiger partial charge in [-0.1, -0.05) is 13.0 Å². The maximum Gasteiger partial charge on any atom is 0.230 e. The molecule has 0 radical (unpaired) electrons. The van der Waals surface area contributed by atoms with Crippen molar-refractivity contribution < 1.29 is 22.0 Å². The topological polar surface area (TPSA) is 57.7 Å². The van der Waals surface area contributed by atoms with E-state index in [9.17, 15) is 22.0 Å². The molecule has 2 heterocycles. The van der Waals surface area contributed by atoms with Crippen LogP contribution in [-0.4, -0.2) is 48.9 Å². The third-order valence-corrected chi connectivity index (χ3v) is 7.38. The van der Waals surface area contributed by atoms with Crippen molar-refractivity contribution in [2.45, 2.75) is 39.2 Å². The highest BCUT2D eigenvalue weighted by atomic mass is 32.2. The van der Waals surface area contributed by atoms with Crippen LogP contribution in [0.2, 0.25) is 0 Å². The number of likely N-dealkylation sites (tertiary alicyclic amines) is 1. The van der Waals surface area contributed by atoms with Gasteiger partial charge in [-0.15, -0.1) is 0 Å². The lowest BCUT2D eigenvalue weighted by Crippen LogP contribution is -2.50.